The molecule has 4 aliphatic rings. The molecule has 7 atom stereocenters. The number of allylic oxidation sites excluding steroid dienone is 1. The molecule has 0 radical (unpaired) electrons. The molecule has 2 aromatic carbocycles. The molecule has 1 spiro atoms. The number of hydrogen-bond acceptors (Lipinski definition) is 10. The number of amides is 3. The van der Waals surface area contributed by atoms with Gasteiger partial charge in [0.25, 0.3) is 5.91 Å². The van der Waals surface area contributed by atoms with Gasteiger partial charge in [-0.05, 0) is 49.5 Å². The van der Waals surface area contributed by atoms with Gasteiger partial charge < -0.3 is 34.4 Å². The van der Waals surface area contributed by atoms with Gasteiger partial charge in [0.1, 0.15) is 42.0 Å². The normalized spacial score (nSPS) is 29.7. The van der Waals surface area contributed by atoms with Gasteiger partial charge in [0.05, 0.1) is 24.1 Å². The van der Waals surface area contributed by atoms with E-state index < -0.39 is 47.7 Å². The van der Waals surface area contributed by atoms with Gasteiger partial charge in [-0.2, -0.15) is 0 Å². The van der Waals surface area contributed by atoms with Crippen LogP contribution < -0.4 is 5.32 Å². The first-order chi connectivity index (χ1) is 25.8. The minimum Gasteiger partial charge on any atom is -0.455 e. The summed E-state index contributed by atoms with van der Waals surface area (Å²) in [6.45, 7) is 0.445. The third kappa shape index (κ3) is 7.02. The van der Waals surface area contributed by atoms with Crippen LogP contribution in [0, 0.1) is 11.8 Å². The monoisotopic (exact) mass is 790 g/mol. The van der Waals surface area contributed by atoms with E-state index in [1.807, 2.05) is 66.7 Å². The van der Waals surface area contributed by atoms with Gasteiger partial charge >= 0.3 is 5.97 Å². The molecule has 15 heteroatoms. The first-order valence-electron chi connectivity index (χ1n) is 18.0. The summed E-state index contributed by atoms with van der Waals surface area (Å²) in [4.78, 5) is 60.8. The quantitative estimate of drug-likeness (QED) is 0.177. The Hall–Kier alpha value is -4.44. The van der Waals surface area contributed by atoms with E-state index in [1.54, 1.807) is 20.6 Å². The number of aliphatic hydroxyl groups is 1. The van der Waals surface area contributed by atoms with Crippen molar-refractivity contribution in [3.8, 4) is 0 Å². The minimum absolute atomic E-state index is 0.0103. The zero-order valence-corrected chi connectivity index (χ0v) is 31.0. The van der Waals surface area contributed by atoms with Crippen LogP contribution in [0.5, 0.6) is 0 Å². The van der Waals surface area contributed by atoms with E-state index in [0.717, 1.165) is 5.52 Å². The number of methoxy groups -OCH3 is 1. The number of cyclic esters (lactones) is 1. The topological polar surface area (TPSA) is 165 Å². The zero-order chi connectivity index (χ0) is 37.1. The van der Waals surface area contributed by atoms with Crippen LogP contribution in [0.1, 0.15) is 43.8 Å². The number of nitrogens with zero attached hydrogens (tertiary/aromatic N) is 5. The fourth-order valence-corrected chi connectivity index (χ4v) is 8.81. The predicted molar refractivity (Wildman–Crippen MR) is 195 cm³/mol. The maximum absolute atomic E-state index is 15.1. The Morgan fingerprint density at radius 1 is 1.00 bits per heavy atom. The Bertz CT molecular complexity index is 1900. The fraction of sp³-hybridized carbons (Fsp3) is 0.474. The van der Waals surface area contributed by atoms with Crippen LogP contribution in [-0.2, 0) is 40.1 Å². The Balaban J connectivity index is 1.31. The molecule has 3 amide bonds. The summed E-state index contributed by atoms with van der Waals surface area (Å²) in [5, 5.41) is 21.1. The maximum Gasteiger partial charge on any atom is 0.313 e. The zero-order valence-electron chi connectivity index (χ0n) is 29.4. The Morgan fingerprint density at radius 2 is 1.79 bits per heavy atom. The second kappa shape index (κ2) is 15.9. The van der Waals surface area contributed by atoms with Crippen LogP contribution in [0.3, 0.4) is 0 Å². The Morgan fingerprint density at radius 3 is 2.58 bits per heavy atom. The highest BCUT2D eigenvalue weighted by Crippen LogP contribution is 2.59. The molecule has 4 aliphatic heterocycles. The predicted octanol–water partition coefficient (Wildman–Crippen LogP) is 3.02. The first-order valence-corrected chi connectivity index (χ1v) is 18.8. The van der Waals surface area contributed by atoms with Gasteiger partial charge in [-0.3, -0.25) is 19.2 Å². The summed E-state index contributed by atoms with van der Waals surface area (Å²) in [6, 6.07) is 14.7. The van der Waals surface area contributed by atoms with E-state index in [0.29, 0.717) is 41.2 Å². The molecule has 0 unspecified atom stereocenters. The summed E-state index contributed by atoms with van der Waals surface area (Å²) in [5.74, 6) is -3.86. The SMILES string of the molecule is COC[C@H]1NC(=O)CC/C=C\CN(Cn2nnc3ccccc32)C(=O)[C@@H]2N(CCCCCO)C(=O)[C@H]3[C@H](C(=O)O[C@@H]1c1ccccc1)[C@H]1O[C@@]23C=C1Br. The number of nitrogens with one attached hydrogen (secondary N) is 1. The lowest BCUT2D eigenvalue weighted by atomic mass is 9.74. The van der Waals surface area contributed by atoms with Crippen molar-refractivity contribution < 1.29 is 38.5 Å². The van der Waals surface area contributed by atoms with E-state index in [2.05, 4.69) is 31.6 Å². The number of para-hydroxylation sites is 1. The van der Waals surface area contributed by atoms with Crippen LogP contribution in [-0.4, -0.2) is 111 Å². The van der Waals surface area contributed by atoms with Crippen molar-refractivity contribution in [2.75, 3.05) is 33.4 Å². The van der Waals surface area contributed by atoms with Gasteiger partial charge in [-0.25, -0.2) is 4.68 Å². The number of ether oxygens (including phenoxy) is 3. The Labute approximate surface area is 315 Å². The first kappa shape index (κ1) is 36.9. The number of hydrogen-bond donors (Lipinski definition) is 2. The van der Waals surface area contributed by atoms with Gasteiger partial charge in [0.2, 0.25) is 11.8 Å². The van der Waals surface area contributed by atoms with Crippen molar-refractivity contribution in [1.82, 2.24) is 30.1 Å². The molecule has 1 aromatic heterocycles. The van der Waals surface area contributed by atoms with Crippen molar-refractivity contribution in [3.63, 3.8) is 0 Å². The highest BCUT2D eigenvalue weighted by molar-refractivity contribution is 9.11. The second-order valence-corrected chi connectivity index (χ2v) is 14.7. The van der Waals surface area contributed by atoms with E-state index in [1.165, 1.54) is 7.11 Å². The molecule has 2 fully saturated rings. The number of halogens is 1. The molecular weight excluding hydrogens is 748 g/mol. The molecule has 0 saturated carbocycles. The lowest BCUT2D eigenvalue weighted by Crippen LogP contribution is -2.56. The van der Waals surface area contributed by atoms with Gasteiger partial charge in [-0.1, -0.05) is 75.8 Å². The minimum atomic E-state index is -1.47. The molecule has 2 saturated heterocycles. The molecule has 5 bridgehead atoms. The molecule has 14 nitrogen and oxygen atoms in total. The average molecular weight is 792 g/mol. The van der Waals surface area contributed by atoms with E-state index in [-0.39, 0.29) is 57.1 Å². The van der Waals surface area contributed by atoms with Crippen molar-refractivity contribution in [3.05, 3.63) is 82.9 Å². The van der Waals surface area contributed by atoms with E-state index >= 15 is 4.79 Å². The number of carbonyl (C=O) groups is 4. The fourth-order valence-electron chi connectivity index (χ4n) is 8.08. The highest BCUT2D eigenvalue weighted by atomic mass is 79.9. The van der Waals surface area contributed by atoms with Crippen LogP contribution >= 0.6 is 15.9 Å². The third-order valence-corrected chi connectivity index (χ3v) is 11.2. The smallest absolute Gasteiger partial charge is 0.313 e. The largest absolute Gasteiger partial charge is 0.455 e. The molecule has 0 aliphatic carbocycles. The van der Waals surface area contributed by atoms with Crippen LogP contribution in [0.15, 0.2) is 77.3 Å². The summed E-state index contributed by atoms with van der Waals surface area (Å²) in [5.41, 5.74) is 0.563. The van der Waals surface area contributed by atoms with Crippen LogP contribution in [0.25, 0.3) is 11.0 Å². The Kier molecular flexibility index (Phi) is 11.1. The molecule has 2 N–H and O–H groups in total. The number of unbranched alkanes of at least 4 members (excludes halogenated alkanes) is 2. The van der Waals surface area contributed by atoms with Gasteiger partial charge in [-0.15, -0.1) is 5.10 Å². The third-order valence-electron chi connectivity index (χ3n) is 10.5. The average Bonchev–Trinajstić information content (AvgIpc) is 3.88. The van der Waals surface area contributed by atoms with E-state index in [9.17, 15) is 19.5 Å². The van der Waals surface area contributed by atoms with Gasteiger partial charge in [0, 0.05) is 37.7 Å². The summed E-state index contributed by atoms with van der Waals surface area (Å²) in [7, 11) is 1.51. The number of aliphatic hydroxyl groups excluding tert-OH is 1. The summed E-state index contributed by atoms with van der Waals surface area (Å²) in [6.07, 6.45) is 5.86. The summed E-state index contributed by atoms with van der Waals surface area (Å²) < 4.78 is 20.7. The van der Waals surface area contributed by atoms with Crippen molar-refractivity contribution >= 4 is 50.7 Å². The number of rotatable bonds is 10. The number of fused-ring (bicyclic) bond motifs is 3. The molecular formula is C38H43BrN6O8. The number of esters is 1. The molecule has 7 rings (SSSR count). The summed E-state index contributed by atoms with van der Waals surface area (Å²) >= 11 is 3.62. The highest BCUT2D eigenvalue weighted by Gasteiger charge is 2.75. The van der Waals surface area contributed by atoms with Crippen molar-refractivity contribution in [2.24, 2.45) is 11.8 Å². The number of aromatic nitrogens is 3. The van der Waals surface area contributed by atoms with Crippen LogP contribution in [0.4, 0.5) is 0 Å². The molecule has 53 heavy (non-hydrogen) atoms. The molecule has 280 valence electrons. The lowest BCUT2D eigenvalue weighted by Gasteiger charge is -2.35. The number of carbonyl (C=O) groups excluding carboxylic acids is 4. The van der Waals surface area contributed by atoms with Crippen molar-refractivity contribution in [2.45, 2.75) is 68.7 Å². The van der Waals surface area contributed by atoms with E-state index in [4.69, 9.17) is 14.2 Å². The molecule has 3 aromatic rings. The van der Waals surface area contributed by atoms with Gasteiger partial charge in [0.15, 0.2) is 0 Å². The maximum atomic E-state index is 15.1. The number of likely N-dealkylation sites (tertiary alicyclic amines) is 1. The lowest BCUT2D eigenvalue weighted by molar-refractivity contribution is -0.162. The van der Waals surface area contributed by atoms with Crippen LogP contribution in [0.2, 0.25) is 0 Å². The standard InChI is InChI=1S/C38H43BrN6O8/c1-51-22-27-32(24-13-5-2-6-14-24)52-37(50)30-31-35(48)44(19-11-4-12-20-46)34(38(31)21-25(39)33(30)53-38)36(49)43(18-10-3-7-17-29(47)40-27)23-45-28-16-9-8-15-26(28)41-42-45/h2-3,5-6,8-10,13-16,21,27,30-34,46H,4,7,11-12,17-20,22-23H2,1H3,(H,40,47)/b10-3-/t27-,30+,31-,32-,33+,34+,38-/m1/s1. The molecule has 5 heterocycles. The number of benzene rings is 2. The second-order valence-electron chi connectivity index (χ2n) is 13.8. The van der Waals surface area contributed by atoms with Crippen molar-refractivity contribution in [1.29, 1.82) is 0 Å².